The molecule has 13 nitrogen and oxygen atoms in total. The Hall–Kier alpha value is -3.69. The maximum Gasteiger partial charge on any atom is 0.352 e. The minimum atomic E-state index is -1.33. The molecule has 4 heterocycles. The number of oxime groups is 1. The highest BCUT2D eigenvalue weighted by Gasteiger charge is 2.54. The largest absolute Gasteiger partial charge is 0.479 e. The summed E-state index contributed by atoms with van der Waals surface area (Å²) in [5.41, 5.74) is 5.43. The van der Waals surface area contributed by atoms with Gasteiger partial charge in [0.1, 0.15) is 27.1 Å². The number of thiazole rings is 1. The molecule has 16 heteroatoms. The number of hydrogen-bond donors (Lipinski definition) is 4. The Morgan fingerprint density at radius 1 is 1.31 bits per heavy atom. The molecule has 0 radical (unpaired) electrons. The van der Waals surface area contributed by atoms with E-state index in [2.05, 4.69) is 20.3 Å². The Bertz CT molecular complexity index is 1300. The molecule has 1 fully saturated rings. The number of carboxylic acids is 2. The lowest BCUT2D eigenvalue weighted by molar-refractivity contribution is -0.689. The van der Waals surface area contributed by atoms with E-state index >= 15 is 0 Å². The molecule has 0 bridgehead atoms. The van der Waals surface area contributed by atoms with Gasteiger partial charge in [0.15, 0.2) is 29.8 Å². The van der Waals surface area contributed by atoms with Gasteiger partial charge in [-0.1, -0.05) is 34.2 Å². The Balaban J connectivity index is 1.54. The van der Waals surface area contributed by atoms with E-state index in [1.54, 1.807) is 17.0 Å². The van der Waals surface area contributed by atoms with Crippen molar-refractivity contribution < 1.29 is 38.8 Å². The van der Waals surface area contributed by atoms with Crippen molar-refractivity contribution >= 4 is 69.3 Å². The number of anilines is 1. The van der Waals surface area contributed by atoms with Gasteiger partial charge in [-0.25, -0.2) is 19.1 Å². The second-order valence-electron chi connectivity index (χ2n) is 7.45. The summed E-state index contributed by atoms with van der Waals surface area (Å²) < 4.78 is 1.80. The zero-order valence-electron chi connectivity index (χ0n) is 18.2. The molecule has 2 atom stereocenters. The number of β-lactam (4-membered cyclic amide) rings is 1. The number of carbonyl (C=O) groups is 4. The Labute approximate surface area is 216 Å². The van der Waals surface area contributed by atoms with Crippen LogP contribution in [0.25, 0.3) is 0 Å². The van der Waals surface area contributed by atoms with Crippen LogP contribution in [0.3, 0.4) is 0 Å². The number of hydrogen-bond acceptors (Lipinski definition) is 10. The van der Waals surface area contributed by atoms with Crippen molar-refractivity contribution in [2.24, 2.45) is 5.16 Å². The number of rotatable bonds is 9. The number of carboxylic acid groups (broad SMARTS) is 2. The molecule has 0 spiro atoms. The fraction of sp³-hybridized carbons (Fsp3) is 0.250. The van der Waals surface area contributed by atoms with Crippen LogP contribution < -0.4 is 15.6 Å². The summed E-state index contributed by atoms with van der Waals surface area (Å²) >= 11 is 8.24. The number of amides is 2. The molecule has 2 amide bonds. The highest BCUT2D eigenvalue weighted by atomic mass is 35.5. The molecule has 36 heavy (non-hydrogen) atoms. The molecular formula is C20H18ClN6O7S2+. The average molecular weight is 554 g/mol. The van der Waals surface area contributed by atoms with E-state index in [9.17, 15) is 24.3 Å². The Morgan fingerprint density at radius 3 is 2.64 bits per heavy atom. The van der Waals surface area contributed by atoms with Gasteiger partial charge in [-0.3, -0.25) is 14.5 Å². The van der Waals surface area contributed by atoms with Gasteiger partial charge in [0.05, 0.1) is 0 Å². The van der Waals surface area contributed by atoms with Gasteiger partial charge in [0.25, 0.3) is 11.8 Å². The molecule has 5 N–H and O–H groups in total. The number of nitrogens with one attached hydrogen (secondary N) is 1. The van der Waals surface area contributed by atoms with E-state index in [0.29, 0.717) is 11.3 Å². The zero-order chi connectivity index (χ0) is 26.0. The van der Waals surface area contributed by atoms with Crippen LogP contribution in [-0.4, -0.2) is 73.3 Å². The van der Waals surface area contributed by atoms with Crippen LogP contribution >= 0.6 is 34.7 Å². The molecule has 188 valence electrons. The molecule has 4 rings (SSSR count). The lowest BCUT2D eigenvalue weighted by Gasteiger charge is -2.49. The van der Waals surface area contributed by atoms with Crippen molar-refractivity contribution in [1.82, 2.24) is 15.2 Å². The van der Waals surface area contributed by atoms with Gasteiger partial charge in [-0.15, -0.1) is 11.8 Å². The summed E-state index contributed by atoms with van der Waals surface area (Å²) in [5.74, 6) is -3.80. The number of halogens is 1. The molecule has 0 saturated carbocycles. The van der Waals surface area contributed by atoms with E-state index in [1.165, 1.54) is 11.8 Å². The first-order valence-corrected chi connectivity index (χ1v) is 12.4. The third-order valence-electron chi connectivity index (χ3n) is 5.07. The van der Waals surface area contributed by atoms with Crippen LogP contribution in [0, 0.1) is 0 Å². The first kappa shape index (κ1) is 25.4. The smallest absolute Gasteiger partial charge is 0.352 e. The molecule has 2 aliphatic rings. The van der Waals surface area contributed by atoms with Crippen LogP contribution in [-0.2, 0) is 30.6 Å². The first-order valence-electron chi connectivity index (χ1n) is 10.2. The number of pyridine rings is 1. The summed E-state index contributed by atoms with van der Waals surface area (Å²) in [5, 5.41) is 24.0. The Morgan fingerprint density at radius 2 is 2.03 bits per heavy atom. The van der Waals surface area contributed by atoms with Crippen LogP contribution in [0.4, 0.5) is 5.13 Å². The van der Waals surface area contributed by atoms with Gasteiger partial charge in [-0.05, 0) is 0 Å². The van der Waals surface area contributed by atoms with Crippen molar-refractivity contribution in [2.45, 2.75) is 18.0 Å². The van der Waals surface area contributed by atoms with E-state index in [0.717, 1.165) is 16.2 Å². The summed E-state index contributed by atoms with van der Waals surface area (Å²) in [4.78, 5) is 58.5. The summed E-state index contributed by atoms with van der Waals surface area (Å²) in [6.45, 7) is -0.554. The fourth-order valence-corrected chi connectivity index (χ4v) is 5.85. The standard InChI is InChI=1S/C20H17ClN6O7S2/c21-15-11(24-20(22)36-15)12(25-34-7-10(28)29)16(30)23-13-17(31)27-14(19(32)33)9(8-35-18(13)27)6-26-4-2-1-3-5-26/h1-5,13,18H,6-8H2,(H4-,22,23,24,28,29,30,32,33)/p+1/b25-12-/t13?,18-/m1/s1. The topological polar surface area (TPSA) is 188 Å². The number of aromatic nitrogens is 2. The SMILES string of the molecule is Nc1nc(/C(=N/OCC(=O)O)C(=O)NC2C(=O)N3C(C(=O)O)=C(C[n+]4ccccc4)CS[C@H]23)c(Cl)s1. The molecule has 2 aromatic rings. The second kappa shape index (κ2) is 10.5. The molecular weight excluding hydrogens is 536 g/mol. The van der Waals surface area contributed by atoms with E-state index < -0.39 is 47.5 Å². The maximum absolute atomic E-state index is 13.0. The monoisotopic (exact) mass is 553 g/mol. The number of carbonyl (C=O) groups excluding carboxylic acids is 2. The predicted octanol–water partition coefficient (Wildman–Crippen LogP) is -0.0897. The summed E-state index contributed by atoms with van der Waals surface area (Å²) in [6, 6.07) is 4.38. The van der Waals surface area contributed by atoms with Crippen molar-refractivity contribution in [3.63, 3.8) is 0 Å². The number of fused-ring (bicyclic) bond motifs is 1. The highest BCUT2D eigenvalue weighted by Crippen LogP contribution is 2.40. The predicted molar refractivity (Wildman–Crippen MR) is 128 cm³/mol. The van der Waals surface area contributed by atoms with Gasteiger partial charge in [-0.2, -0.15) is 0 Å². The number of thioether (sulfide) groups is 1. The summed E-state index contributed by atoms with van der Waals surface area (Å²) in [6.07, 6.45) is 3.57. The van der Waals surface area contributed by atoms with Crippen molar-refractivity contribution in [2.75, 3.05) is 18.1 Å². The normalized spacial score (nSPS) is 19.4. The maximum atomic E-state index is 13.0. The molecule has 2 aliphatic heterocycles. The Kier molecular flexibility index (Phi) is 7.42. The number of nitrogens with zero attached hydrogens (tertiary/aromatic N) is 4. The quantitative estimate of drug-likeness (QED) is 0.141. The first-order chi connectivity index (χ1) is 17.2. The lowest BCUT2D eigenvalue weighted by Crippen LogP contribution is -2.71. The third-order valence-corrected chi connectivity index (χ3v) is 7.50. The lowest BCUT2D eigenvalue weighted by atomic mass is 10.0. The molecule has 0 aliphatic carbocycles. The van der Waals surface area contributed by atoms with Gasteiger partial charge < -0.3 is 26.1 Å². The van der Waals surface area contributed by atoms with E-state index in [-0.39, 0.29) is 27.4 Å². The van der Waals surface area contributed by atoms with Gasteiger partial charge in [0, 0.05) is 23.5 Å². The fourth-order valence-electron chi connectivity index (χ4n) is 3.58. The minimum absolute atomic E-state index is 0.00748. The zero-order valence-corrected chi connectivity index (χ0v) is 20.5. The van der Waals surface area contributed by atoms with E-state index in [4.69, 9.17) is 22.4 Å². The number of nitrogens with two attached hydrogens (primary N) is 1. The van der Waals surface area contributed by atoms with Crippen molar-refractivity contribution in [1.29, 1.82) is 0 Å². The molecule has 2 aromatic heterocycles. The second-order valence-corrected chi connectivity index (χ2v) is 10.2. The average Bonchev–Trinajstić information content (AvgIpc) is 3.17. The molecule has 1 unspecified atom stereocenters. The summed E-state index contributed by atoms with van der Waals surface area (Å²) in [7, 11) is 0. The third kappa shape index (κ3) is 5.12. The van der Waals surface area contributed by atoms with Gasteiger partial charge >= 0.3 is 11.9 Å². The van der Waals surface area contributed by atoms with Gasteiger partial charge in [0.2, 0.25) is 6.61 Å². The molecule has 0 aromatic carbocycles. The minimum Gasteiger partial charge on any atom is -0.479 e. The van der Waals surface area contributed by atoms with E-state index in [1.807, 2.05) is 18.2 Å². The number of aliphatic carboxylic acids is 2. The van der Waals surface area contributed by atoms with Crippen molar-refractivity contribution in [3.05, 3.63) is 51.9 Å². The number of nitrogen functional groups attached to an aromatic ring is 1. The highest BCUT2D eigenvalue weighted by molar-refractivity contribution is 8.00. The molecule has 1 saturated heterocycles. The van der Waals surface area contributed by atoms with Crippen LogP contribution in [0.5, 0.6) is 0 Å². The van der Waals surface area contributed by atoms with Crippen LogP contribution in [0.1, 0.15) is 5.69 Å². The van der Waals surface area contributed by atoms with Crippen LogP contribution in [0.2, 0.25) is 4.34 Å². The van der Waals surface area contributed by atoms with Crippen molar-refractivity contribution in [3.8, 4) is 0 Å². The van der Waals surface area contributed by atoms with Crippen LogP contribution in [0.15, 0.2) is 47.0 Å².